The zero-order valence-corrected chi connectivity index (χ0v) is 15.9. The first kappa shape index (κ1) is 18.8. The molecule has 2 aromatic carbocycles. The Morgan fingerprint density at radius 1 is 1.24 bits per heavy atom. The summed E-state index contributed by atoms with van der Waals surface area (Å²) in [5.74, 6) is -0.0763. The topological polar surface area (TPSA) is 77.1 Å². The molecule has 2 amide bonds. The van der Waals surface area contributed by atoms with Gasteiger partial charge in [-0.15, -0.1) is 0 Å². The van der Waals surface area contributed by atoms with E-state index in [1.54, 1.807) is 44.2 Å². The van der Waals surface area contributed by atoms with Gasteiger partial charge in [0.25, 0.3) is 0 Å². The lowest BCUT2D eigenvalue weighted by atomic mass is 9.94. The van der Waals surface area contributed by atoms with Gasteiger partial charge in [0, 0.05) is 17.3 Å². The van der Waals surface area contributed by atoms with E-state index >= 15 is 0 Å². The number of hydrogen-bond acceptors (Lipinski definition) is 5. The highest BCUT2D eigenvalue weighted by Crippen LogP contribution is 2.39. The van der Waals surface area contributed by atoms with Crippen LogP contribution in [0.2, 0.25) is 0 Å². The summed E-state index contributed by atoms with van der Waals surface area (Å²) in [7, 11) is 0. The molecule has 0 aliphatic carbocycles. The van der Waals surface area contributed by atoms with Gasteiger partial charge in [-0.2, -0.15) is 0 Å². The molecule has 0 unspecified atom stereocenters. The fraction of sp³-hybridized carbons (Fsp3) is 0.238. The average molecular weight is 398 g/mol. The van der Waals surface area contributed by atoms with E-state index in [1.807, 2.05) is 0 Å². The maximum Gasteiger partial charge on any atom is 0.338 e. The van der Waals surface area contributed by atoms with Gasteiger partial charge in [-0.1, -0.05) is 18.2 Å². The third kappa shape index (κ3) is 3.26. The predicted molar refractivity (Wildman–Crippen MR) is 102 cm³/mol. The van der Waals surface area contributed by atoms with Gasteiger partial charge in [0.15, 0.2) is 11.5 Å². The fourth-order valence-electron chi connectivity index (χ4n) is 3.49. The van der Waals surface area contributed by atoms with Gasteiger partial charge < -0.3 is 19.5 Å². The van der Waals surface area contributed by atoms with Crippen LogP contribution in [0.15, 0.2) is 53.7 Å². The molecular weight excluding hydrogens is 379 g/mol. The van der Waals surface area contributed by atoms with Crippen molar-refractivity contribution in [1.82, 2.24) is 5.32 Å². The minimum absolute atomic E-state index is 0.100. The first-order valence-electron chi connectivity index (χ1n) is 9.13. The summed E-state index contributed by atoms with van der Waals surface area (Å²) in [4.78, 5) is 27.0. The number of urea groups is 1. The van der Waals surface area contributed by atoms with Crippen LogP contribution in [0.1, 0.15) is 25.5 Å². The molecule has 8 heteroatoms. The van der Waals surface area contributed by atoms with E-state index < -0.39 is 23.9 Å². The van der Waals surface area contributed by atoms with Crippen molar-refractivity contribution in [2.24, 2.45) is 0 Å². The van der Waals surface area contributed by atoms with Gasteiger partial charge >= 0.3 is 12.0 Å². The van der Waals surface area contributed by atoms with Crippen molar-refractivity contribution in [3.63, 3.8) is 0 Å². The molecule has 0 aromatic heterocycles. The van der Waals surface area contributed by atoms with Crippen LogP contribution in [0.5, 0.6) is 11.5 Å². The summed E-state index contributed by atoms with van der Waals surface area (Å²) < 4.78 is 30.3. The van der Waals surface area contributed by atoms with E-state index in [9.17, 15) is 14.0 Å². The molecule has 29 heavy (non-hydrogen) atoms. The van der Waals surface area contributed by atoms with Crippen molar-refractivity contribution in [2.45, 2.75) is 19.9 Å². The number of ether oxygens (including phenoxy) is 3. The lowest BCUT2D eigenvalue weighted by molar-refractivity contribution is -0.139. The molecule has 150 valence electrons. The molecule has 7 nitrogen and oxygen atoms in total. The molecule has 2 aliphatic rings. The molecule has 4 rings (SSSR count). The molecule has 1 atom stereocenters. The lowest BCUT2D eigenvalue weighted by Crippen LogP contribution is -2.48. The number of fused-ring (bicyclic) bond motifs is 1. The van der Waals surface area contributed by atoms with Crippen LogP contribution in [0.25, 0.3) is 0 Å². The maximum atomic E-state index is 14.5. The smallest absolute Gasteiger partial charge is 0.338 e. The Morgan fingerprint density at radius 3 is 2.76 bits per heavy atom. The molecule has 2 heterocycles. The van der Waals surface area contributed by atoms with Crippen LogP contribution >= 0.6 is 0 Å². The molecule has 0 bridgehead atoms. The molecule has 2 aromatic rings. The first-order chi connectivity index (χ1) is 14.0. The van der Waals surface area contributed by atoms with E-state index in [4.69, 9.17) is 14.2 Å². The quantitative estimate of drug-likeness (QED) is 0.796. The van der Waals surface area contributed by atoms with E-state index in [1.165, 1.54) is 17.0 Å². The number of anilines is 1. The van der Waals surface area contributed by atoms with Crippen molar-refractivity contribution in [3.8, 4) is 11.5 Å². The number of rotatable bonds is 4. The van der Waals surface area contributed by atoms with Crippen molar-refractivity contribution in [2.75, 3.05) is 18.3 Å². The molecular formula is C21H19FN2O5. The van der Waals surface area contributed by atoms with Crippen LogP contribution in [0, 0.1) is 5.82 Å². The van der Waals surface area contributed by atoms with E-state index in [-0.39, 0.29) is 24.5 Å². The van der Waals surface area contributed by atoms with Crippen molar-refractivity contribution in [3.05, 3.63) is 65.1 Å². The first-order valence-corrected chi connectivity index (χ1v) is 9.13. The standard InChI is InChI=1S/C21H19FN2O5/c1-3-27-20(25)18-12(2)24(13-8-9-16-17(10-13)29-11-28-16)21(26)23-19(18)14-6-4-5-7-15(14)22/h4-10,19H,3,11H2,1-2H3,(H,23,26)/t19-/m0/s1. The number of nitrogens with one attached hydrogen (secondary N) is 1. The summed E-state index contributed by atoms with van der Waals surface area (Å²) in [5, 5.41) is 2.73. The number of carbonyl (C=O) groups excluding carboxylic acids is 2. The second kappa shape index (κ2) is 7.46. The Bertz CT molecular complexity index is 1020. The number of benzene rings is 2. The average Bonchev–Trinajstić information content (AvgIpc) is 3.16. The third-order valence-electron chi connectivity index (χ3n) is 4.81. The minimum atomic E-state index is -0.965. The van der Waals surface area contributed by atoms with E-state index in [2.05, 4.69) is 5.32 Å². The fourth-order valence-corrected chi connectivity index (χ4v) is 3.49. The Labute approximate surface area is 166 Å². The number of carbonyl (C=O) groups is 2. The molecule has 0 radical (unpaired) electrons. The number of hydrogen-bond donors (Lipinski definition) is 1. The maximum absolute atomic E-state index is 14.5. The predicted octanol–water partition coefficient (Wildman–Crippen LogP) is 3.66. The SMILES string of the molecule is CCOC(=O)C1=C(C)N(c2ccc3c(c2)OCO3)C(=O)N[C@H]1c1ccccc1F. The molecule has 0 spiro atoms. The van der Waals surface area contributed by atoms with Crippen LogP contribution in [0.4, 0.5) is 14.9 Å². The van der Waals surface area contributed by atoms with Crippen LogP contribution in [0.3, 0.4) is 0 Å². The summed E-state index contributed by atoms with van der Waals surface area (Å²) in [6.45, 7) is 3.56. The number of allylic oxidation sites excluding steroid dienone is 1. The molecule has 2 aliphatic heterocycles. The lowest BCUT2D eigenvalue weighted by Gasteiger charge is -2.35. The summed E-state index contributed by atoms with van der Waals surface area (Å²) in [5.41, 5.74) is 1.18. The van der Waals surface area contributed by atoms with Gasteiger partial charge in [0.2, 0.25) is 6.79 Å². The van der Waals surface area contributed by atoms with E-state index in [0.29, 0.717) is 22.9 Å². The van der Waals surface area contributed by atoms with Crippen molar-refractivity contribution < 1.29 is 28.2 Å². The monoisotopic (exact) mass is 398 g/mol. The van der Waals surface area contributed by atoms with Crippen molar-refractivity contribution >= 4 is 17.7 Å². The Kier molecular flexibility index (Phi) is 4.84. The molecule has 0 saturated heterocycles. The number of halogens is 1. The number of esters is 1. The number of nitrogens with zero attached hydrogens (tertiary/aromatic N) is 1. The Balaban J connectivity index is 1.83. The normalized spacial score (nSPS) is 18.0. The number of amides is 2. The van der Waals surface area contributed by atoms with Gasteiger partial charge in [-0.3, -0.25) is 4.90 Å². The highest BCUT2D eigenvalue weighted by molar-refractivity contribution is 6.03. The second-order valence-corrected chi connectivity index (χ2v) is 6.50. The highest BCUT2D eigenvalue weighted by Gasteiger charge is 2.38. The zero-order valence-electron chi connectivity index (χ0n) is 15.9. The highest BCUT2D eigenvalue weighted by atomic mass is 19.1. The van der Waals surface area contributed by atoms with Gasteiger partial charge in [0.05, 0.1) is 23.9 Å². The molecule has 0 fully saturated rings. The van der Waals surface area contributed by atoms with Crippen LogP contribution in [-0.2, 0) is 9.53 Å². The van der Waals surface area contributed by atoms with E-state index in [0.717, 1.165) is 0 Å². The third-order valence-corrected chi connectivity index (χ3v) is 4.81. The molecule has 0 saturated carbocycles. The van der Waals surface area contributed by atoms with Gasteiger partial charge in [-0.05, 0) is 32.0 Å². The van der Waals surface area contributed by atoms with Gasteiger partial charge in [-0.25, -0.2) is 14.0 Å². The largest absolute Gasteiger partial charge is 0.463 e. The van der Waals surface area contributed by atoms with Crippen LogP contribution < -0.4 is 19.7 Å². The zero-order chi connectivity index (χ0) is 20.5. The summed E-state index contributed by atoms with van der Waals surface area (Å²) in [6, 6.07) is 9.56. The van der Waals surface area contributed by atoms with Gasteiger partial charge in [0.1, 0.15) is 5.82 Å². The summed E-state index contributed by atoms with van der Waals surface area (Å²) >= 11 is 0. The van der Waals surface area contributed by atoms with Crippen LogP contribution in [-0.4, -0.2) is 25.4 Å². The summed E-state index contributed by atoms with van der Waals surface area (Å²) in [6.07, 6.45) is 0. The van der Waals surface area contributed by atoms with Crippen molar-refractivity contribution in [1.29, 1.82) is 0 Å². The molecule has 1 N–H and O–H groups in total. The Hall–Kier alpha value is -3.55. The minimum Gasteiger partial charge on any atom is -0.463 e. The Morgan fingerprint density at radius 2 is 2.00 bits per heavy atom. The second-order valence-electron chi connectivity index (χ2n) is 6.50.